The molecule has 0 atom stereocenters. The molecule has 34 heavy (non-hydrogen) atoms. The second kappa shape index (κ2) is 9.06. The van der Waals surface area contributed by atoms with Gasteiger partial charge in [-0.1, -0.05) is 36.9 Å². The van der Waals surface area contributed by atoms with Crippen LogP contribution in [0.1, 0.15) is 39.9 Å². The van der Waals surface area contributed by atoms with Crippen molar-refractivity contribution >= 4 is 27.7 Å². The normalized spacial score (nSPS) is 13.4. The molecule has 1 saturated carbocycles. The number of hydrogen-bond donors (Lipinski definition) is 1. The van der Waals surface area contributed by atoms with E-state index in [9.17, 15) is 17.6 Å². The molecule has 3 aromatic rings. The monoisotopic (exact) mass is 478 g/mol. The van der Waals surface area contributed by atoms with E-state index in [0.29, 0.717) is 33.5 Å². The van der Waals surface area contributed by atoms with Crippen LogP contribution < -0.4 is 9.62 Å². The Balaban J connectivity index is 1.74. The van der Waals surface area contributed by atoms with Crippen LogP contribution >= 0.6 is 0 Å². The minimum Gasteiger partial charge on any atom is -0.349 e. The highest BCUT2D eigenvalue weighted by atomic mass is 32.2. The maximum atomic E-state index is 14.7. The molecule has 0 aromatic heterocycles. The van der Waals surface area contributed by atoms with E-state index >= 15 is 0 Å². The fourth-order valence-electron chi connectivity index (χ4n) is 3.90. The summed E-state index contributed by atoms with van der Waals surface area (Å²) in [5, 5.41) is 2.88. The predicted molar refractivity (Wildman–Crippen MR) is 134 cm³/mol. The lowest BCUT2D eigenvalue weighted by Crippen LogP contribution is -2.27. The molecule has 0 radical (unpaired) electrons. The molecule has 0 saturated heterocycles. The van der Waals surface area contributed by atoms with E-state index in [2.05, 4.69) is 11.9 Å². The van der Waals surface area contributed by atoms with E-state index in [1.807, 2.05) is 0 Å². The van der Waals surface area contributed by atoms with Gasteiger partial charge in [-0.3, -0.25) is 9.10 Å². The number of sulfonamides is 1. The molecule has 1 amide bonds. The number of hydrogen-bond acceptors (Lipinski definition) is 3. The van der Waals surface area contributed by atoms with Gasteiger partial charge in [-0.2, -0.15) is 0 Å². The Hall–Kier alpha value is -3.45. The highest BCUT2D eigenvalue weighted by Crippen LogP contribution is 2.34. The largest absolute Gasteiger partial charge is 0.349 e. The zero-order valence-electron chi connectivity index (χ0n) is 19.4. The zero-order chi connectivity index (χ0) is 24.6. The highest BCUT2D eigenvalue weighted by Gasteiger charge is 2.26. The van der Waals surface area contributed by atoms with Crippen LogP contribution in [0.5, 0.6) is 0 Å². The van der Waals surface area contributed by atoms with Crippen LogP contribution in [0.4, 0.5) is 10.1 Å². The molecule has 176 valence electrons. The maximum Gasteiger partial charge on any atom is 0.264 e. The first-order valence-electron chi connectivity index (χ1n) is 11.1. The fourth-order valence-corrected chi connectivity index (χ4v) is 5.35. The van der Waals surface area contributed by atoms with E-state index in [0.717, 1.165) is 12.8 Å². The average Bonchev–Trinajstić information content (AvgIpc) is 3.64. The summed E-state index contributed by atoms with van der Waals surface area (Å²) in [7, 11) is -2.30. The summed E-state index contributed by atoms with van der Waals surface area (Å²) in [6.07, 6.45) is 3.45. The van der Waals surface area contributed by atoms with Crippen molar-refractivity contribution in [2.45, 2.75) is 37.6 Å². The Kier molecular flexibility index (Phi) is 6.32. The molecule has 1 fully saturated rings. The van der Waals surface area contributed by atoms with Gasteiger partial charge < -0.3 is 5.32 Å². The molecular weight excluding hydrogens is 451 g/mol. The van der Waals surface area contributed by atoms with Crippen molar-refractivity contribution in [2.24, 2.45) is 0 Å². The van der Waals surface area contributed by atoms with Gasteiger partial charge in [0.1, 0.15) is 5.82 Å². The summed E-state index contributed by atoms with van der Waals surface area (Å²) in [5.41, 5.74) is 3.57. The minimum atomic E-state index is -3.80. The first kappa shape index (κ1) is 23.7. The van der Waals surface area contributed by atoms with Gasteiger partial charge in [-0.05, 0) is 84.8 Å². The van der Waals surface area contributed by atoms with Crippen LogP contribution in [0.3, 0.4) is 0 Å². The third kappa shape index (κ3) is 4.48. The summed E-state index contributed by atoms with van der Waals surface area (Å²) < 4.78 is 42.5. The van der Waals surface area contributed by atoms with Crippen LogP contribution in [0.2, 0.25) is 0 Å². The number of aryl methyl sites for hydroxylation is 1. The van der Waals surface area contributed by atoms with Gasteiger partial charge in [0.05, 0.1) is 10.6 Å². The first-order chi connectivity index (χ1) is 16.1. The van der Waals surface area contributed by atoms with Crippen LogP contribution in [0.25, 0.3) is 17.2 Å². The Bertz CT molecular complexity index is 1390. The number of rotatable bonds is 7. The Morgan fingerprint density at radius 3 is 2.47 bits per heavy atom. The van der Waals surface area contributed by atoms with E-state index in [4.69, 9.17) is 0 Å². The van der Waals surface area contributed by atoms with E-state index in [1.165, 1.54) is 17.4 Å². The van der Waals surface area contributed by atoms with Crippen molar-refractivity contribution in [3.05, 3.63) is 89.2 Å². The molecule has 0 aliphatic heterocycles. The number of nitrogens with zero attached hydrogens (tertiary/aromatic N) is 1. The number of carbonyl (C=O) groups excluding carboxylic acids is 1. The van der Waals surface area contributed by atoms with Gasteiger partial charge in [-0.15, -0.1) is 0 Å². The highest BCUT2D eigenvalue weighted by molar-refractivity contribution is 7.92. The first-order valence-corrected chi connectivity index (χ1v) is 12.5. The van der Waals surface area contributed by atoms with Crippen LogP contribution in [0, 0.1) is 19.7 Å². The molecule has 0 unspecified atom stereocenters. The molecule has 7 heteroatoms. The van der Waals surface area contributed by atoms with Gasteiger partial charge in [0, 0.05) is 18.7 Å². The topological polar surface area (TPSA) is 66.5 Å². The lowest BCUT2D eigenvalue weighted by molar-refractivity contribution is 0.0950. The lowest BCUT2D eigenvalue weighted by Gasteiger charge is -2.23. The third-order valence-electron chi connectivity index (χ3n) is 6.15. The molecule has 3 aromatic carbocycles. The molecule has 4 rings (SSSR count). The van der Waals surface area contributed by atoms with Crippen LogP contribution in [0.15, 0.2) is 66.1 Å². The molecule has 1 aliphatic carbocycles. The van der Waals surface area contributed by atoms with E-state index in [1.54, 1.807) is 68.5 Å². The summed E-state index contributed by atoms with van der Waals surface area (Å²) in [4.78, 5) is 12.7. The van der Waals surface area contributed by atoms with Gasteiger partial charge in [0.2, 0.25) is 0 Å². The summed E-state index contributed by atoms with van der Waals surface area (Å²) >= 11 is 0. The van der Waals surface area contributed by atoms with Gasteiger partial charge in [0.15, 0.2) is 0 Å². The molecule has 0 bridgehead atoms. The molecule has 5 nitrogen and oxygen atoms in total. The second-order valence-electron chi connectivity index (χ2n) is 8.59. The molecule has 1 aliphatic rings. The number of carbonyl (C=O) groups is 1. The van der Waals surface area contributed by atoms with Crippen molar-refractivity contribution in [2.75, 3.05) is 11.4 Å². The van der Waals surface area contributed by atoms with E-state index in [-0.39, 0.29) is 22.4 Å². The Morgan fingerprint density at radius 2 is 1.82 bits per heavy atom. The molecule has 0 spiro atoms. The average molecular weight is 479 g/mol. The van der Waals surface area contributed by atoms with Crippen molar-refractivity contribution in [1.29, 1.82) is 0 Å². The quantitative estimate of drug-likeness (QED) is 0.490. The summed E-state index contributed by atoms with van der Waals surface area (Å²) in [6, 6.07) is 15.1. The smallest absolute Gasteiger partial charge is 0.264 e. The maximum absolute atomic E-state index is 14.7. The molecule has 1 N–H and O–H groups in total. The fraction of sp³-hybridized carbons (Fsp3) is 0.222. The second-order valence-corrected chi connectivity index (χ2v) is 10.5. The van der Waals surface area contributed by atoms with E-state index < -0.39 is 15.8 Å². The number of amides is 1. The Labute approximate surface area is 200 Å². The lowest BCUT2D eigenvalue weighted by atomic mass is 9.95. The number of anilines is 1. The van der Waals surface area contributed by atoms with Crippen LogP contribution in [-0.4, -0.2) is 27.4 Å². The van der Waals surface area contributed by atoms with Crippen LogP contribution in [-0.2, 0) is 10.0 Å². The van der Waals surface area contributed by atoms with Crippen molar-refractivity contribution < 1.29 is 17.6 Å². The SMILES string of the molecule is C=Cc1cc(-c2cc(C(=O)NC3CC3)cc(F)c2C)ccc1N(C)S(=O)(=O)c1ccccc1C. The third-order valence-corrected chi connectivity index (χ3v) is 8.08. The summed E-state index contributed by atoms with van der Waals surface area (Å²) in [5.74, 6) is -0.769. The van der Waals surface area contributed by atoms with Gasteiger partial charge in [-0.25, -0.2) is 12.8 Å². The number of halogens is 1. The molecular formula is C27H27FN2O3S. The minimum absolute atomic E-state index is 0.165. The van der Waals surface area contributed by atoms with Crippen molar-refractivity contribution in [3.8, 4) is 11.1 Å². The Morgan fingerprint density at radius 1 is 1.12 bits per heavy atom. The van der Waals surface area contributed by atoms with Gasteiger partial charge in [0.25, 0.3) is 15.9 Å². The predicted octanol–water partition coefficient (Wildman–Crippen LogP) is 5.47. The standard InChI is InChI=1S/C27H27FN2O3S/c1-5-19-14-20(23-15-21(16-24(28)18(23)3)27(31)29-22-11-12-22)10-13-25(19)30(4)34(32,33)26-9-7-6-8-17(26)2/h5-10,13-16,22H,1,11-12H2,2-4H3,(H,29,31). The summed E-state index contributed by atoms with van der Waals surface area (Å²) in [6.45, 7) is 7.25. The number of benzene rings is 3. The van der Waals surface area contributed by atoms with Crippen molar-refractivity contribution in [1.82, 2.24) is 5.32 Å². The molecule has 0 heterocycles. The number of nitrogens with one attached hydrogen (secondary N) is 1. The van der Waals surface area contributed by atoms with Gasteiger partial charge >= 0.3 is 0 Å². The van der Waals surface area contributed by atoms with Crippen molar-refractivity contribution in [3.63, 3.8) is 0 Å². The zero-order valence-corrected chi connectivity index (χ0v) is 20.2.